The van der Waals surface area contributed by atoms with Crippen molar-refractivity contribution < 1.29 is 14.3 Å². The third-order valence-corrected chi connectivity index (χ3v) is 3.36. The van der Waals surface area contributed by atoms with Gasteiger partial charge in [0.05, 0.1) is 11.1 Å². The third-order valence-electron chi connectivity index (χ3n) is 2.39. The van der Waals surface area contributed by atoms with Gasteiger partial charge in [-0.2, -0.15) is 0 Å². The molecule has 0 saturated heterocycles. The second-order valence-electron chi connectivity index (χ2n) is 3.36. The molecule has 0 aliphatic heterocycles. The largest absolute Gasteiger partial charge is 0.478 e. The first-order chi connectivity index (χ1) is 7.52. The summed E-state index contributed by atoms with van der Waals surface area (Å²) in [6, 6.07) is 2.55. The lowest BCUT2D eigenvalue weighted by Gasteiger charge is -2.07. The molecule has 2 aromatic rings. The van der Waals surface area contributed by atoms with Crippen molar-refractivity contribution >= 4 is 32.8 Å². The topological polar surface area (TPSA) is 50.2 Å². The van der Waals surface area contributed by atoms with Crippen LogP contribution in [0.1, 0.15) is 15.9 Å². The molecule has 5 heteroatoms. The van der Waals surface area contributed by atoms with Crippen LogP contribution in [0.2, 0.25) is 0 Å². The Morgan fingerprint density at radius 2 is 2.25 bits per heavy atom. The summed E-state index contributed by atoms with van der Waals surface area (Å²) in [6.07, 6.45) is 1.40. The van der Waals surface area contributed by atoms with Crippen LogP contribution < -0.4 is 0 Å². The molecule has 1 aromatic carbocycles. The fourth-order valence-corrected chi connectivity index (χ4v) is 2.00. The minimum absolute atomic E-state index is 0.0459. The summed E-state index contributed by atoms with van der Waals surface area (Å²) in [6.45, 7) is 1.61. The van der Waals surface area contributed by atoms with Gasteiger partial charge in [0.15, 0.2) is 0 Å². The molecule has 0 unspecified atom stereocenters. The molecule has 0 aliphatic rings. The first kappa shape index (κ1) is 11.0. The molecular formula is C11H7BrFNO2. The highest BCUT2D eigenvalue weighted by Crippen LogP contribution is 2.29. The quantitative estimate of drug-likeness (QED) is 0.875. The summed E-state index contributed by atoms with van der Waals surface area (Å²) in [5, 5.41) is 9.26. The Bertz CT molecular complexity index is 598. The van der Waals surface area contributed by atoms with Crippen LogP contribution in [0.15, 0.2) is 22.8 Å². The normalized spacial score (nSPS) is 10.7. The molecule has 0 radical (unpaired) electrons. The minimum Gasteiger partial charge on any atom is -0.478 e. The summed E-state index contributed by atoms with van der Waals surface area (Å²) in [5.74, 6) is -1.54. The molecule has 1 heterocycles. The van der Waals surface area contributed by atoms with Crippen molar-refractivity contribution in [3.8, 4) is 0 Å². The molecule has 0 spiro atoms. The van der Waals surface area contributed by atoms with Gasteiger partial charge >= 0.3 is 5.97 Å². The lowest BCUT2D eigenvalue weighted by atomic mass is 10.1. The van der Waals surface area contributed by atoms with Crippen molar-refractivity contribution in [1.82, 2.24) is 4.98 Å². The zero-order chi connectivity index (χ0) is 11.9. The molecule has 0 aliphatic carbocycles. The average molecular weight is 284 g/mol. The molecule has 82 valence electrons. The van der Waals surface area contributed by atoms with Gasteiger partial charge in [-0.1, -0.05) is 0 Å². The van der Waals surface area contributed by atoms with Crippen LogP contribution in [-0.4, -0.2) is 16.1 Å². The van der Waals surface area contributed by atoms with Crippen LogP contribution in [0.4, 0.5) is 4.39 Å². The Morgan fingerprint density at radius 3 is 2.88 bits per heavy atom. The van der Waals surface area contributed by atoms with Crippen LogP contribution in [0.3, 0.4) is 0 Å². The van der Waals surface area contributed by atoms with Gasteiger partial charge in [0, 0.05) is 21.6 Å². The zero-order valence-electron chi connectivity index (χ0n) is 8.29. The van der Waals surface area contributed by atoms with Crippen molar-refractivity contribution in [3.05, 3.63) is 39.7 Å². The Hall–Kier alpha value is -1.49. The molecule has 1 N–H and O–H groups in total. The summed E-state index contributed by atoms with van der Waals surface area (Å²) >= 11 is 3.22. The van der Waals surface area contributed by atoms with Crippen molar-refractivity contribution in [2.75, 3.05) is 0 Å². The maximum Gasteiger partial charge on any atom is 0.336 e. The first-order valence-electron chi connectivity index (χ1n) is 4.49. The van der Waals surface area contributed by atoms with Gasteiger partial charge < -0.3 is 5.11 Å². The van der Waals surface area contributed by atoms with Gasteiger partial charge in [-0.25, -0.2) is 9.18 Å². The summed E-state index contributed by atoms with van der Waals surface area (Å²) in [4.78, 5) is 15.0. The number of fused-ring (bicyclic) bond motifs is 1. The maximum absolute atomic E-state index is 13.5. The highest BCUT2D eigenvalue weighted by Gasteiger charge is 2.14. The van der Waals surface area contributed by atoms with E-state index in [-0.39, 0.29) is 5.56 Å². The van der Waals surface area contributed by atoms with Gasteiger partial charge in [0.25, 0.3) is 0 Å². The average Bonchev–Trinajstić information content (AvgIpc) is 2.25. The van der Waals surface area contributed by atoms with Crippen LogP contribution in [0.5, 0.6) is 0 Å². The maximum atomic E-state index is 13.5. The Labute approximate surface area is 99.1 Å². The number of halogens is 2. The Kier molecular flexibility index (Phi) is 2.63. The van der Waals surface area contributed by atoms with Crippen molar-refractivity contribution in [2.24, 2.45) is 0 Å². The van der Waals surface area contributed by atoms with E-state index in [9.17, 15) is 9.18 Å². The summed E-state index contributed by atoms with van der Waals surface area (Å²) in [5.41, 5.74) is 0.922. The number of aromatic carboxylic acids is 1. The SMILES string of the molecule is Cc1c(F)cc2c(C(=O)O)ccnc2c1Br. The number of benzene rings is 1. The van der Waals surface area contributed by atoms with Gasteiger partial charge in [0.2, 0.25) is 0 Å². The van der Waals surface area contributed by atoms with Gasteiger partial charge in [-0.05, 0) is 35.0 Å². The van der Waals surface area contributed by atoms with E-state index in [1.165, 1.54) is 18.3 Å². The van der Waals surface area contributed by atoms with Gasteiger partial charge in [-0.15, -0.1) is 0 Å². The van der Waals surface area contributed by atoms with E-state index in [4.69, 9.17) is 5.11 Å². The number of pyridine rings is 1. The monoisotopic (exact) mass is 283 g/mol. The lowest BCUT2D eigenvalue weighted by Crippen LogP contribution is -2.00. The molecule has 0 atom stereocenters. The predicted molar refractivity (Wildman–Crippen MR) is 61.1 cm³/mol. The second-order valence-corrected chi connectivity index (χ2v) is 4.15. The van der Waals surface area contributed by atoms with E-state index in [1.807, 2.05) is 0 Å². The number of aromatic nitrogens is 1. The number of carbonyl (C=O) groups is 1. The summed E-state index contributed by atoms with van der Waals surface area (Å²) in [7, 11) is 0. The summed E-state index contributed by atoms with van der Waals surface area (Å²) < 4.78 is 14.0. The van der Waals surface area contributed by atoms with E-state index in [0.717, 1.165) is 0 Å². The number of nitrogens with zero attached hydrogens (tertiary/aromatic N) is 1. The third kappa shape index (κ3) is 1.57. The second kappa shape index (κ2) is 3.83. The molecule has 2 rings (SSSR count). The number of rotatable bonds is 1. The van der Waals surface area contributed by atoms with E-state index in [1.54, 1.807) is 6.92 Å². The van der Waals surface area contributed by atoms with E-state index in [0.29, 0.717) is 20.9 Å². The van der Waals surface area contributed by atoms with E-state index >= 15 is 0 Å². The number of carboxylic acid groups (broad SMARTS) is 1. The lowest BCUT2D eigenvalue weighted by molar-refractivity contribution is 0.0699. The molecule has 3 nitrogen and oxygen atoms in total. The molecule has 0 saturated carbocycles. The van der Waals surface area contributed by atoms with Gasteiger partial charge in [0.1, 0.15) is 5.82 Å². The molecule has 1 aromatic heterocycles. The predicted octanol–water partition coefficient (Wildman–Crippen LogP) is 3.14. The number of hydrogen-bond donors (Lipinski definition) is 1. The first-order valence-corrected chi connectivity index (χ1v) is 5.28. The fourth-order valence-electron chi connectivity index (χ4n) is 1.50. The molecule has 16 heavy (non-hydrogen) atoms. The Morgan fingerprint density at radius 1 is 1.56 bits per heavy atom. The molecule has 0 amide bonds. The van der Waals surface area contributed by atoms with Crippen LogP contribution in [-0.2, 0) is 0 Å². The number of carboxylic acids is 1. The minimum atomic E-state index is -1.09. The standard InChI is InChI=1S/C11H7BrFNO2/c1-5-8(13)4-7-6(11(15)16)2-3-14-10(7)9(5)12/h2-4H,1H3,(H,15,16). The molecular weight excluding hydrogens is 277 g/mol. The van der Waals surface area contributed by atoms with E-state index in [2.05, 4.69) is 20.9 Å². The Balaban J connectivity index is 2.95. The van der Waals surface area contributed by atoms with Crippen molar-refractivity contribution in [2.45, 2.75) is 6.92 Å². The van der Waals surface area contributed by atoms with Gasteiger partial charge in [-0.3, -0.25) is 4.98 Å². The van der Waals surface area contributed by atoms with Crippen LogP contribution >= 0.6 is 15.9 Å². The molecule has 0 fully saturated rings. The number of hydrogen-bond acceptors (Lipinski definition) is 2. The highest BCUT2D eigenvalue weighted by molar-refractivity contribution is 9.10. The van der Waals surface area contributed by atoms with Crippen molar-refractivity contribution in [3.63, 3.8) is 0 Å². The van der Waals surface area contributed by atoms with E-state index < -0.39 is 11.8 Å². The van der Waals surface area contributed by atoms with Crippen LogP contribution in [0, 0.1) is 12.7 Å². The molecule has 0 bridgehead atoms. The fraction of sp³-hybridized carbons (Fsp3) is 0.0909. The van der Waals surface area contributed by atoms with Crippen molar-refractivity contribution in [1.29, 1.82) is 0 Å². The zero-order valence-corrected chi connectivity index (χ0v) is 9.88. The van der Waals surface area contributed by atoms with Crippen LogP contribution in [0.25, 0.3) is 10.9 Å². The smallest absolute Gasteiger partial charge is 0.336 e. The highest BCUT2D eigenvalue weighted by atomic mass is 79.9.